The van der Waals surface area contributed by atoms with Gasteiger partial charge < -0.3 is 0 Å². The molecule has 0 spiro atoms. The van der Waals surface area contributed by atoms with Crippen molar-refractivity contribution in [3.8, 4) is 0 Å². The van der Waals surface area contributed by atoms with Gasteiger partial charge in [0.25, 0.3) is 0 Å². The van der Waals surface area contributed by atoms with Crippen molar-refractivity contribution >= 4 is 35.1 Å². The molecule has 1 heterocycles. The summed E-state index contributed by atoms with van der Waals surface area (Å²) in [5.74, 6) is 0. The van der Waals surface area contributed by atoms with Crippen molar-refractivity contribution < 1.29 is 4.58 Å². The molecular weight excluding hydrogens is 398 g/mol. The molecule has 0 saturated heterocycles. The summed E-state index contributed by atoms with van der Waals surface area (Å²) >= 11 is 1.75. The molecule has 0 bridgehead atoms. The van der Waals surface area contributed by atoms with Gasteiger partial charge in [-0.1, -0.05) is 66.4 Å². The Morgan fingerprint density at radius 2 is 1.58 bits per heavy atom. The second-order valence-electron chi connectivity index (χ2n) is 8.04. The van der Waals surface area contributed by atoms with Crippen molar-refractivity contribution in [3.05, 3.63) is 96.7 Å². The van der Waals surface area contributed by atoms with Crippen LogP contribution in [-0.4, -0.2) is 23.5 Å². The maximum absolute atomic E-state index is 4.93. The first-order valence-electron chi connectivity index (χ1n) is 10.5. The van der Waals surface area contributed by atoms with Crippen LogP contribution in [0.4, 0.5) is 11.4 Å². The van der Waals surface area contributed by atoms with E-state index in [1.807, 2.05) is 36.5 Å². The Balaban J connectivity index is 1.69. The van der Waals surface area contributed by atoms with E-state index in [1.165, 1.54) is 21.9 Å². The normalized spacial score (nSPS) is 15.1. The van der Waals surface area contributed by atoms with Crippen molar-refractivity contribution in [1.29, 1.82) is 0 Å². The van der Waals surface area contributed by atoms with Crippen LogP contribution < -0.4 is 5.01 Å². The summed E-state index contributed by atoms with van der Waals surface area (Å²) in [6.45, 7) is 6.54. The fourth-order valence-corrected chi connectivity index (χ4v) is 4.98. The number of allylic oxidation sites excluding steroid dienone is 1. The molecule has 0 aliphatic carbocycles. The molecule has 0 saturated carbocycles. The highest BCUT2D eigenvalue weighted by molar-refractivity contribution is 7.99. The molecule has 156 valence electrons. The molecule has 0 radical (unpaired) electrons. The maximum Gasteiger partial charge on any atom is 0.212 e. The number of para-hydroxylation sites is 2. The SMILES string of the molecule is CC=CN(N=CC1=[N+](C)c2ccccc2C1(C)C)c1ccccc1Sc1ccccc1. The third-order valence-electron chi connectivity index (χ3n) is 5.62. The van der Waals surface area contributed by atoms with Crippen LogP contribution in [0.5, 0.6) is 0 Å². The van der Waals surface area contributed by atoms with Crippen LogP contribution in [0.25, 0.3) is 0 Å². The molecule has 1 aliphatic rings. The Kier molecular flexibility index (Phi) is 6.10. The Labute approximate surface area is 189 Å². The lowest BCUT2D eigenvalue weighted by Gasteiger charge is -2.19. The summed E-state index contributed by atoms with van der Waals surface area (Å²) in [4.78, 5) is 2.37. The molecule has 4 rings (SSSR count). The van der Waals surface area contributed by atoms with Gasteiger partial charge in [0.1, 0.15) is 13.3 Å². The van der Waals surface area contributed by atoms with Crippen LogP contribution in [0.3, 0.4) is 0 Å². The van der Waals surface area contributed by atoms with Crippen LogP contribution >= 0.6 is 11.8 Å². The molecule has 0 amide bonds. The number of hydrogen-bond donors (Lipinski definition) is 0. The summed E-state index contributed by atoms with van der Waals surface area (Å²) in [5, 5.41) is 6.89. The van der Waals surface area contributed by atoms with Crippen molar-refractivity contribution in [2.75, 3.05) is 12.1 Å². The number of hydrogen-bond acceptors (Lipinski definition) is 3. The topological polar surface area (TPSA) is 18.6 Å². The molecule has 1 aliphatic heterocycles. The number of anilines is 1. The van der Waals surface area contributed by atoms with Gasteiger partial charge in [0.05, 0.1) is 11.1 Å². The second-order valence-corrected chi connectivity index (χ2v) is 9.16. The quantitative estimate of drug-likeness (QED) is 0.243. The Hall–Kier alpha value is -3.11. The molecule has 0 N–H and O–H groups in total. The lowest BCUT2D eigenvalue weighted by Crippen LogP contribution is -2.30. The monoisotopic (exact) mass is 426 g/mol. The zero-order chi connectivity index (χ0) is 21.8. The number of rotatable bonds is 6. The molecule has 0 atom stereocenters. The molecule has 0 unspecified atom stereocenters. The van der Waals surface area contributed by atoms with Gasteiger partial charge in [-0.15, -0.1) is 0 Å². The Morgan fingerprint density at radius 1 is 0.903 bits per heavy atom. The highest BCUT2D eigenvalue weighted by atomic mass is 32.2. The van der Waals surface area contributed by atoms with E-state index in [9.17, 15) is 0 Å². The van der Waals surface area contributed by atoms with E-state index in [4.69, 9.17) is 5.10 Å². The van der Waals surface area contributed by atoms with Gasteiger partial charge in [0.2, 0.25) is 11.4 Å². The average Bonchev–Trinajstić information content (AvgIpc) is 2.98. The largest absolute Gasteiger partial charge is 0.240 e. The van der Waals surface area contributed by atoms with Gasteiger partial charge in [-0.05, 0) is 45.0 Å². The fourth-order valence-electron chi connectivity index (χ4n) is 4.02. The molecule has 3 nitrogen and oxygen atoms in total. The van der Waals surface area contributed by atoms with Gasteiger partial charge in [-0.3, -0.25) is 0 Å². The molecule has 0 aromatic heterocycles. The Morgan fingerprint density at radius 3 is 2.32 bits per heavy atom. The molecule has 0 fully saturated rings. The van der Waals surface area contributed by atoms with E-state index in [1.54, 1.807) is 11.8 Å². The van der Waals surface area contributed by atoms with Crippen molar-refractivity contribution in [2.45, 2.75) is 36.0 Å². The minimum atomic E-state index is -0.102. The second kappa shape index (κ2) is 8.94. The molecule has 3 aromatic carbocycles. The van der Waals surface area contributed by atoms with Crippen molar-refractivity contribution in [2.24, 2.45) is 5.10 Å². The first kappa shape index (κ1) is 21.1. The van der Waals surface area contributed by atoms with Crippen LogP contribution in [0.1, 0.15) is 26.3 Å². The number of nitrogens with zero attached hydrogens (tertiary/aromatic N) is 3. The molecular formula is C27H28N3S+. The Bertz CT molecular complexity index is 1160. The van der Waals surface area contributed by atoms with Crippen LogP contribution in [0, 0.1) is 0 Å². The van der Waals surface area contributed by atoms with E-state index in [0.717, 1.165) is 10.6 Å². The predicted molar refractivity (Wildman–Crippen MR) is 133 cm³/mol. The molecule has 31 heavy (non-hydrogen) atoms. The van der Waals surface area contributed by atoms with E-state index in [0.29, 0.717) is 0 Å². The predicted octanol–water partition coefficient (Wildman–Crippen LogP) is 6.87. The standard InChI is InChI=1S/C27H28N3S/c1-5-19-30(24-17-11-12-18-25(24)31-21-13-7-6-8-14-21)28-20-26-27(2,3)22-15-9-10-16-23(22)29(26)4/h5-20H,1-4H3/q+1. The highest BCUT2D eigenvalue weighted by Gasteiger charge is 2.43. The maximum atomic E-state index is 4.93. The van der Waals surface area contributed by atoms with Crippen LogP contribution in [0.2, 0.25) is 0 Å². The van der Waals surface area contributed by atoms with E-state index >= 15 is 0 Å². The summed E-state index contributed by atoms with van der Waals surface area (Å²) < 4.78 is 2.25. The molecule has 4 heteroatoms. The van der Waals surface area contributed by atoms with Crippen LogP contribution in [-0.2, 0) is 5.41 Å². The molecule has 3 aromatic rings. The average molecular weight is 427 g/mol. The smallest absolute Gasteiger partial charge is 0.212 e. The summed E-state index contributed by atoms with van der Waals surface area (Å²) in [6.07, 6.45) is 6.03. The number of fused-ring (bicyclic) bond motifs is 1. The summed E-state index contributed by atoms with van der Waals surface area (Å²) in [7, 11) is 2.12. The minimum absolute atomic E-state index is 0.102. The van der Waals surface area contributed by atoms with Gasteiger partial charge in [0, 0.05) is 27.6 Å². The first-order chi connectivity index (χ1) is 15.0. The van der Waals surface area contributed by atoms with E-state index in [2.05, 4.69) is 98.3 Å². The van der Waals surface area contributed by atoms with Crippen LogP contribution in [0.15, 0.2) is 106 Å². The summed E-state index contributed by atoms with van der Waals surface area (Å²) in [5.41, 5.74) is 4.70. The van der Waals surface area contributed by atoms with Crippen molar-refractivity contribution in [3.63, 3.8) is 0 Å². The van der Waals surface area contributed by atoms with E-state index < -0.39 is 0 Å². The number of benzene rings is 3. The van der Waals surface area contributed by atoms with Crippen molar-refractivity contribution in [1.82, 2.24) is 0 Å². The van der Waals surface area contributed by atoms with Gasteiger partial charge in [0.15, 0.2) is 0 Å². The first-order valence-corrected chi connectivity index (χ1v) is 11.3. The lowest BCUT2D eigenvalue weighted by atomic mass is 9.82. The van der Waals surface area contributed by atoms with Gasteiger partial charge in [-0.25, -0.2) is 5.01 Å². The minimum Gasteiger partial charge on any atom is -0.240 e. The zero-order valence-electron chi connectivity index (χ0n) is 18.5. The number of hydrazone groups is 1. The zero-order valence-corrected chi connectivity index (χ0v) is 19.3. The summed E-state index contributed by atoms with van der Waals surface area (Å²) in [6, 6.07) is 27.4. The van der Waals surface area contributed by atoms with Gasteiger partial charge >= 0.3 is 0 Å². The highest BCUT2D eigenvalue weighted by Crippen LogP contribution is 2.39. The fraction of sp³-hybridized carbons (Fsp3) is 0.185. The third-order valence-corrected chi connectivity index (χ3v) is 6.69. The lowest BCUT2D eigenvalue weighted by molar-refractivity contribution is -0.400. The third kappa shape index (κ3) is 4.21. The van der Waals surface area contributed by atoms with Gasteiger partial charge in [-0.2, -0.15) is 9.68 Å². The van der Waals surface area contributed by atoms with E-state index in [-0.39, 0.29) is 5.41 Å².